The molecule has 4 heteroatoms. The van der Waals surface area contributed by atoms with Crippen LogP contribution in [0.25, 0.3) is 5.57 Å². The van der Waals surface area contributed by atoms with E-state index in [1.54, 1.807) is 30.3 Å². The number of nitrogens with zero attached hydrogens (tertiary/aromatic N) is 1. The van der Waals surface area contributed by atoms with Gasteiger partial charge in [0.15, 0.2) is 0 Å². The maximum atomic E-state index is 12.5. The highest BCUT2D eigenvalue weighted by molar-refractivity contribution is 6.21. The lowest BCUT2D eigenvalue weighted by Gasteiger charge is -2.18. The zero-order chi connectivity index (χ0) is 19.0. The van der Waals surface area contributed by atoms with Crippen LogP contribution in [0.1, 0.15) is 63.1 Å². The van der Waals surface area contributed by atoms with Gasteiger partial charge in [-0.25, -0.2) is 0 Å². The smallest absolute Gasteiger partial charge is 0.261 e. The lowest BCUT2D eigenvalue weighted by molar-refractivity contribution is 0.0658. The van der Waals surface area contributed by atoms with Gasteiger partial charge >= 0.3 is 0 Å². The Balaban J connectivity index is 1.53. The number of fused-ring (bicyclic) bond motifs is 2. The summed E-state index contributed by atoms with van der Waals surface area (Å²) in [5, 5.41) is 10.2. The molecule has 2 aromatic carbocycles. The van der Waals surface area contributed by atoms with E-state index in [-0.39, 0.29) is 11.8 Å². The van der Waals surface area contributed by atoms with Gasteiger partial charge in [-0.3, -0.25) is 14.5 Å². The van der Waals surface area contributed by atoms with Crippen LogP contribution in [0.4, 0.5) is 0 Å². The SMILES string of the molecule is C=C(CCN1C(=O)c2ccccc2C1=O)c1ccc(O)c2c1CCCCC2. The van der Waals surface area contributed by atoms with Gasteiger partial charge < -0.3 is 5.11 Å². The molecule has 2 aromatic rings. The Morgan fingerprint density at radius 3 is 2.22 bits per heavy atom. The standard InChI is InChI=1S/C23H23NO3/c1-15(16-11-12-21(25)18-8-4-2-3-7-17(16)18)13-14-24-22(26)19-9-5-6-10-20(19)23(24)27/h5-6,9-12,25H,1-4,7-8,13-14H2. The van der Waals surface area contributed by atoms with E-state index < -0.39 is 0 Å². The van der Waals surface area contributed by atoms with Crippen LogP contribution >= 0.6 is 0 Å². The summed E-state index contributed by atoms with van der Waals surface area (Å²) in [6, 6.07) is 10.6. The number of phenolic OH excluding ortho intramolecular Hbond substituents is 1. The maximum Gasteiger partial charge on any atom is 0.261 e. The van der Waals surface area contributed by atoms with E-state index in [1.807, 2.05) is 6.07 Å². The van der Waals surface area contributed by atoms with Gasteiger partial charge in [0.1, 0.15) is 5.75 Å². The van der Waals surface area contributed by atoms with Crippen molar-refractivity contribution in [2.45, 2.75) is 38.5 Å². The van der Waals surface area contributed by atoms with Crippen LogP contribution in [0.5, 0.6) is 5.75 Å². The predicted octanol–water partition coefficient (Wildman–Crippen LogP) is 4.36. The first-order chi connectivity index (χ1) is 13.1. The number of imide groups is 1. The van der Waals surface area contributed by atoms with Gasteiger partial charge in [-0.05, 0) is 72.6 Å². The Kier molecular flexibility index (Phi) is 4.56. The number of rotatable bonds is 4. The summed E-state index contributed by atoms with van der Waals surface area (Å²) in [5.41, 5.74) is 5.14. The minimum atomic E-state index is -0.229. The third-order valence-corrected chi connectivity index (χ3v) is 5.66. The van der Waals surface area contributed by atoms with E-state index in [4.69, 9.17) is 0 Å². The van der Waals surface area contributed by atoms with Crippen molar-refractivity contribution in [2.24, 2.45) is 0 Å². The zero-order valence-corrected chi connectivity index (χ0v) is 15.3. The molecule has 0 fully saturated rings. The fraction of sp³-hybridized carbons (Fsp3) is 0.304. The van der Waals surface area contributed by atoms with Crippen LogP contribution in [-0.2, 0) is 12.8 Å². The number of hydrogen-bond donors (Lipinski definition) is 1. The van der Waals surface area contributed by atoms with Crippen molar-refractivity contribution in [3.05, 3.63) is 70.8 Å². The second-order valence-corrected chi connectivity index (χ2v) is 7.31. The predicted molar refractivity (Wildman–Crippen MR) is 105 cm³/mol. The van der Waals surface area contributed by atoms with Crippen molar-refractivity contribution >= 4 is 17.4 Å². The molecule has 0 aromatic heterocycles. The van der Waals surface area contributed by atoms with E-state index in [2.05, 4.69) is 6.58 Å². The van der Waals surface area contributed by atoms with Gasteiger partial charge in [0, 0.05) is 6.54 Å². The topological polar surface area (TPSA) is 57.6 Å². The second kappa shape index (κ2) is 7.03. The van der Waals surface area contributed by atoms with E-state index >= 15 is 0 Å². The van der Waals surface area contributed by atoms with Crippen LogP contribution in [0.2, 0.25) is 0 Å². The molecule has 27 heavy (non-hydrogen) atoms. The number of amides is 2. The summed E-state index contributed by atoms with van der Waals surface area (Å²) in [6.45, 7) is 4.54. The van der Waals surface area contributed by atoms with E-state index in [0.29, 0.717) is 29.8 Å². The molecule has 0 spiro atoms. The summed E-state index contributed by atoms with van der Waals surface area (Å²) in [5.74, 6) is -0.0929. The van der Waals surface area contributed by atoms with Crippen molar-refractivity contribution in [1.82, 2.24) is 4.90 Å². The fourth-order valence-electron chi connectivity index (χ4n) is 4.18. The van der Waals surface area contributed by atoms with Crippen molar-refractivity contribution in [3.8, 4) is 5.75 Å². The number of benzene rings is 2. The molecule has 0 saturated heterocycles. The summed E-state index contributed by atoms with van der Waals surface area (Å²) < 4.78 is 0. The van der Waals surface area contributed by atoms with Gasteiger partial charge in [-0.15, -0.1) is 0 Å². The van der Waals surface area contributed by atoms with Crippen LogP contribution < -0.4 is 0 Å². The first-order valence-electron chi connectivity index (χ1n) is 9.55. The molecule has 4 nitrogen and oxygen atoms in total. The molecule has 0 atom stereocenters. The minimum absolute atomic E-state index is 0.229. The summed E-state index contributed by atoms with van der Waals surface area (Å²) in [4.78, 5) is 26.4. The highest BCUT2D eigenvalue weighted by atomic mass is 16.3. The normalized spacial score (nSPS) is 16.1. The third-order valence-electron chi connectivity index (χ3n) is 5.66. The number of hydrogen-bond acceptors (Lipinski definition) is 3. The molecule has 0 radical (unpaired) electrons. The molecule has 2 amide bonds. The molecular formula is C23H23NO3. The van der Waals surface area contributed by atoms with Crippen molar-refractivity contribution in [3.63, 3.8) is 0 Å². The molecule has 4 rings (SSSR count). The molecule has 0 unspecified atom stereocenters. The molecule has 138 valence electrons. The zero-order valence-electron chi connectivity index (χ0n) is 15.3. The monoisotopic (exact) mass is 361 g/mol. The molecule has 1 aliphatic heterocycles. The molecule has 2 aliphatic rings. The molecule has 0 saturated carbocycles. The quantitative estimate of drug-likeness (QED) is 0.650. The van der Waals surface area contributed by atoms with E-state index in [1.165, 1.54) is 10.5 Å². The molecule has 1 aliphatic carbocycles. The Hall–Kier alpha value is -2.88. The Morgan fingerprint density at radius 1 is 0.926 bits per heavy atom. The number of phenols is 1. The van der Waals surface area contributed by atoms with Crippen LogP contribution in [0.3, 0.4) is 0 Å². The van der Waals surface area contributed by atoms with Crippen LogP contribution in [0, 0.1) is 0 Å². The third kappa shape index (κ3) is 3.05. The first kappa shape index (κ1) is 17.5. The Labute approximate surface area is 159 Å². The van der Waals surface area contributed by atoms with Crippen molar-refractivity contribution in [1.29, 1.82) is 0 Å². The molecule has 1 N–H and O–H groups in total. The summed E-state index contributed by atoms with van der Waals surface area (Å²) in [6.07, 6.45) is 5.71. The van der Waals surface area contributed by atoms with Gasteiger partial charge in [-0.1, -0.05) is 31.2 Å². The molecular weight excluding hydrogens is 338 g/mol. The van der Waals surface area contributed by atoms with Gasteiger partial charge in [-0.2, -0.15) is 0 Å². The highest BCUT2D eigenvalue weighted by Gasteiger charge is 2.34. The highest BCUT2D eigenvalue weighted by Crippen LogP contribution is 2.34. The summed E-state index contributed by atoms with van der Waals surface area (Å²) >= 11 is 0. The lowest BCUT2D eigenvalue weighted by Crippen LogP contribution is -2.30. The molecule has 1 heterocycles. The summed E-state index contributed by atoms with van der Waals surface area (Å²) in [7, 11) is 0. The number of aromatic hydroxyl groups is 1. The first-order valence-corrected chi connectivity index (χ1v) is 9.55. The van der Waals surface area contributed by atoms with Crippen molar-refractivity contribution in [2.75, 3.05) is 6.54 Å². The van der Waals surface area contributed by atoms with E-state index in [9.17, 15) is 14.7 Å². The van der Waals surface area contributed by atoms with Gasteiger partial charge in [0.2, 0.25) is 0 Å². The molecule has 0 bridgehead atoms. The fourth-order valence-corrected chi connectivity index (χ4v) is 4.18. The van der Waals surface area contributed by atoms with Crippen LogP contribution in [-0.4, -0.2) is 28.4 Å². The van der Waals surface area contributed by atoms with E-state index in [0.717, 1.165) is 48.8 Å². The average molecular weight is 361 g/mol. The Bertz CT molecular complexity index is 910. The average Bonchev–Trinajstić information content (AvgIpc) is 2.85. The van der Waals surface area contributed by atoms with Gasteiger partial charge in [0.05, 0.1) is 11.1 Å². The number of carbonyl (C=O) groups is 2. The minimum Gasteiger partial charge on any atom is -0.508 e. The largest absolute Gasteiger partial charge is 0.508 e. The maximum absolute atomic E-state index is 12.5. The lowest BCUT2D eigenvalue weighted by atomic mass is 9.91. The Morgan fingerprint density at radius 2 is 1.56 bits per heavy atom. The van der Waals surface area contributed by atoms with Gasteiger partial charge in [0.25, 0.3) is 11.8 Å². The second-order valence-electron chi connectivity index (χ2n) is 7.31. The van der Waals surface area contributed by atoms with Crippen molar-refractivity contribution < 1.29 is 14.7 Å². The number of carbonyl (C=O) groups excluding carboxylic acids is 2. The van der Waals surface area contributed by atoms with Crippen LogP contribution in [0.15, 0.2) is 43.0 Å².